The Bertz CT molecular complexity index is 599. The summed E-state index contributed by atoms with van der Waals surface area (Å²) in [6, 6.07) is 10.3. The Morgan fingerprint density at radius 2 is 2.05 bits per heavy atom. The predicted octanol–water partition coefficient (Wildman–Crippen LogP) is 3.00. The third-order valence-corrected chi connectivity index (χ3v) is 3.56. The molecule has 1 N–H and O–H groups in total. The number of hydrogen-bond acceptors (Lipinski definition) is 4. The molecule has 3 rings (SSSR count). The Labute approximate surface area is 115 Å². The lowest BCUT2D eigenvalue weighted by Gasteiger charge is -2.06. The molecule has 0 saturated heterocycles. The van der Waals surface area contributed by atoms with Crippen LogP contribution in [0.3, 0.4) is 0 Å². The first-order chi connectivity index (χ1) is 9.40. The highest BCUT2D eigenvalue weighted by Crippen LogP contribution is 2.13. The molecule has 4 nitrogen and oxygen atoms in total. The smallest absolute Gasteiger partial charge is 0.112 e. The van der Waals surface area contributed by atoms with Gasteiger partial charge in [0.05, 0.1) is 13.1 Å². The molecule has 0 aliphatic heterocycles. The molecule has 2 aromatic heterocycles. The molecule has 0 saturated carbocycles. The van der Waals surface area contributed by atoms with Crippen molar-refractivity contribution >= 4 is 17.0 Å². The molecule has 0 aliphatic carbocycles. The van der Waals surface area contributed by atoms with Gasteiger partial charge < -0.3 is 5.32 Å². The predicted molar refractivity (Wildman–Crippen MR) is 77.2 cm³/mol. The summed E-state index contributed by atoms with van der Waals surface area (Å²) >= 11 is 1.66. The van der Waals surface area contributed by atoms with Gasteiger partial charge in [-0.2, -0.15) is 5.10 Å². The second-order valence-corrected chi connectivity index (χ2v) is 5.16. The average molecular weight is 270 g/mol. The Balaban J connectivity index is 1.59. The zero-order chi connectivity index (χ0) is 12.9. The van der Waals surface area contributed by atoms with Crippen molar-refractivity contribution in [2.75, 3.05) is 5.32 Å². The number of thiazole rings is 1. The standard InChI is InChI=1S/C14H14N4S/c1-6-17-18(8-1)11-12-2-4-13(5-3-12)16-10-14-15-7-9-19-14/h1-9,16H,10-11H2. The maximum atomic E-state index is 4.24. The second kappa shape index (κ2) is 5.67. The van der Waals surface area contributed by atoms with E-state index in [1.807, 2.05) is 28.5 Å². The fraction of sp³-hybridized carbons (Fsp3) is 0.143. The summed E-state index contributed by atoms with van der Waals surface area (Å²) in [6.07, 6.45) is 5.59. The lowest BCUT2D eigenvalue weighted by molar-refractivity contribution is 0.687. The molecule has 5 heteroatoms. The van der Waals surface area contributed by atoms with Crippen LogP contribution in [0.1, 0.15) is 10.6 Å². The molecule has 1 aromatic carbocycles. The van der Waals surface area contributed by atoms with E-state index >= 15 is 0 Å². The van der Waals surface area contributed by atoms with Crippen molar-refractivity contribution in [1.82, 2.24) is 14.8 Å². The molecule has 0 aliphatic rings. The summed E-state index contributed by atoms with van der Waals surface area (Å²) in [6.45, 7) is 1.58. The zero-order valence-electron chi connectivity index (χ0n) is 10.4. The first-order valence-corrected chi connectivity index (χ1v) is 6.97. The van der Waals surface area contributed by atoms with Crippen molar-refractivity contribution < 1.29 is 0 Å². The van der Waals surface area contributed by atoms with Crippen molar-refractivity contribution in [1.29, 1.82) is 0 Å². The maximum Gasteiger partial charge on any atom is 0.112 e. The first-order valence-electron chi connectivity index (χ1n) is 6.09. The number of rotatable bonds is 5. The Hall–Kier alpha value is -2.14. The van der Waals surface area contributed by atoms with Gasteiger partial charge in [0.15, 0.2) is 0 Å². The third kappa shape index (κ3) is 3.20. The zero-order valence-corrected chi connectivity index (χ0v) is 11.2. The number of hydrogen-bond donors (Lipinski definition) is 1. The van der Waals surface area contributed by atoms with Crippen LogP contribution in [0.25, 0.3) is 0 Å². The topological polar surface area (TPSA) is 42.7 Å². The molecule has 0 atom stereocenters. The molecule has 0 unspecified atom stereocenters. The Morgan fingerprint density at radius 3 is 2.74 bits per heavy atom. The lowest BCUT2D eigenvalue weighted by atomic mass is 10.2. The van der Waals surface area contributed by atoms with Crippen molar-refractivity contribution in [3.63, 3.8) is 0 Å². The van der Waals surface area contributed by atoms with Gasteiger partial charge in [-0.15, -0.1) is 11.3 Å². The van der Waals surface area contributed by atoms with E-state index in [0.29, 0.717) is 0 Å². The highest BCUT2D eigenvalue weighted by atomic mass is 32.1. The van der Waals surface area contributed by atoms with E-state index in [-0.39, 0.29) is 0 Å². The fourth-order valence-corrected chi connectivity index (χ4v) is 2.38. The van der Waals surface area contributed by atoms with E-state index in [0.717, 1.165) is 23.8 Å². The fourth-order valence-electron chi connectivity index (χ4n) is 1.83. The second-order valence-electron chi connectivity index (χ2n) is 4.18. The highest BCUT2D eigenvalue weighted by molar-refractivity contribution is 7.09. The molecule has 0 radical (unpaired) electrons. The van der Waals surface area contributed by atoms with Crippen molar-refractivity contribution in [3.8, 4) is 0 Å². The minimum atomic E-state index is 0.774. The SMILES string of the molecule is c1cnn(Cc2ccc(NCc3nccs3)cc2)c1. The van der Waals surface area contributed by atoms with Crippen LogP contribution < -0.4 is 5.32 Å². The first kappa shape index (κ1) is 11.9. The normalized spacial score (nSPS) is 10.5. The van der Waals surface area contributed by atoms with Crippen LogP contribution in [0, 0.1) is 0 Å². The molecular weight excluding hydrogens is 256 g/mol. The number of anilines is 1. The molecule has 0 fully saturated rings. The highest BCUT2D eigenvalue weighted by Gasteiger charge is 1.98. The summed E-state index contributed by atoms with van der Waals surface area (Å²) in [5.74, 6) is 0. The number of benzene rings is 1. The quantitative estimate of drug-likeness (QED) is 0.775. The van der Waals surface area contributed by atoms with Gasteiger partial charge >= 0.3 is 0 Å². The van der Waals surface area contributed by atoms with Crippen LogP contribution in [-0.4, -0.2) is 14.8 Å². The van der Waals surface area contributed by atoms with E-state index in [2.05, 4.69) is 39.7 Å². The van der Waals surface area contributed by atoms with Gasteiger partial charge in [-0.05, 0) is 23.8 Å². The largest absolute Gasteiger partial charge is 0.379 e. The Morgan fingerprint density at radius 1 is 1.16 bits per heavy atom. The van der Waals surface area contributed by atoms with Gasteiger partial charge in [-0.3, -0.25) is 4.68 Å². The van der Waals surface area contributed by atoms with Crippen molar-refractivity contribution in [2.24, 2.45) is 0 Å². The summed E-state index contributed by atoms with van der Waals surface area (Å²) in [5, 5.41) is 10.6. The van der Waals surface area contributed by atoms with Crippen LogP contribution >= 0.6 is 11.3 Å². The van der Waals surface area contributed by atoms with Crippen LogP contribution in [0.5, 0.6) is 0 Å². The van der Waals surface area contributed by atoms with Crippen LogP contribution in [0.4, 0.5) is 5.69 Å². The van der Waals surface area contributed by atoms with Crippen molar-refractivity contribution in [2.45, 2.75) is 13.1 Å². The molecule has 96 valence electrons. The van der Waals surface area contributed by atoms with Crippen molar-refractivity contribution in [3.05, 3.63) is 64.9 Å². The monoisotopic (exact) mass is 270 g/mol. The number of nitrogens with zero attached hydrogens (tertiary/aromatic N) is 3. The number of aromatic nitrogens is 3. The molecule has 19 heavy (non-hydrogen) atoms. The lowest BCUT2D eigenvalue weighted by Crippen LogP contribution is -2.01. The average Bonchev–Trinajstić information content (AvgIpc) is 3.11. The minimum Gasteiger partial charge on any atom is -0.379 e. The van der Waals surface area contributed by atoms with Gasteiger partial charge in [-0.25, -0.2) is 4.98 Å². The van der Waals surface area contributed by atoms with Crippen LogP contribution in [0.15, 0.2) is 54.3 Å². The van der Waals surface area contributed by atoms with Gasteiger partial charge in [-0.1, -0.05) is 12.1 Å². The molecule has 0 spiro atoms. The summed E-state index contributed by atoms with van der Waals surface area (Å²) in [5.41, 5.74) is 2.35. The van der Waals surface area contributed by atoms with Crippen LogP contribution in [-0.2, 0) is 13.1 Å². The summed E-state index contributed by atoms with van der Waals surface area (Å²) < 4.78 is 1.91. The minimum absolute atomic E-state index is 0.774. The van der Waals surface area contributed by atoms with Gasteiger partial charge in [0.1, 0.15) is 5.01 Å². The van der Waals surface area contributed by atoms with E-state index < -0.39 is 0 Å². The third-order valence-electron chi connectivity index (χ3n) is 2.78. The number of nitrogens with one attached hydrogen (secondary N) is 1. The van der Waals surface area contributed by atoms with Crippen LogP contribution in [0.2, 0.25) is 0 Å². The van der Waals surface area contributed by atoms with E-state index in [1.165, 1.54) is 5.56 Å². The summed E-state index contributed by atoms with van der Waals surface area (Å²) in [7, 11) is 0. The van der Waals surface area contributed by atoms with E-state index in [1.54, 1.807) is 17.5 Å². The summed E-state index contributed by atoms with van der Waals surface area (Å²) in [4.78, 5) is 4.24. The van der Waals surface area contributed by atoms with Gasteiger partial charge in [0, 0.05) is 29.7 Å². The Kier molecular flexibility index (Phi) is 3.56. The molecule has 3 aromatic rings. The molecular formula is C14H14N4S. The maximum absolute atomic E-state index is 4.24. The molecule has 0 amide bonds. The molecule has 2 heterocycles. The molecule has 0 bridgehead atoms. The van der Waals surface area contributed by atoms with Gasteiger partial charge in [0.2, 0.25) is 0 Å². The van der Waals surface area contributed by atoms with E-state index in [9.17, 15) is 0 Å². The van der Waals surface area contributed by atoms with E-state index in [4.69, 9.17) is 0 Å². The van der Waals surface area contributed by atoms with Gasteiger partial charge in [0.25, 0.3) is 0 Å².